The predicted octanol–water partition coefficient (Wildman–Crippen LogP) is 1.62. The molecule has 0 bridgehead atoms. The predicted molar refractivity (Wildman–Crippen MR) is 84.9 cm³/mol. The number of hydrogen-bond acceptors (Lipinski definition) is 4. The maximum absolute atomic E-state index is 13.1. The van der Waals surface area contributed by atoms with Crippen LogP contribution in [0.3, 0.4) is 0 Å². The van der Waals surface area contributed by atoms with Crippen LogP contribution < -0.4 is 0 Å². The van der Waals surface area contributed by atoms with Crippen LogP contribution in [-0.2, 0) is 11.3 Å². The van der Waals surface area contributed by atoms with Crippen LogP contribution in [-0.4, -0.2) is 52.1 Å². The largest absolute Gasteiger partial charge is 0.391 e. The molecule has 1 N–H and O–H groups in total. The van der Waals surface area contributed by atoms with Gasteiger partial charge in [-0.2, -0.15) is 5.10 Å². The molecule has 0 unspecified atom stereocenters. The maximum Gasteiger partial charge on any atom is 0.274 e. The van der Waals surface area contributed by atoms with Gasteiger partial charge in [-0.05, 0) is 30.2 Å². The van der Waals surface area contributed by atoms with Crippen LogP contribution in [0.1, 0.15) is 28.5 Å². The molecule has 6 nitrogen and oxygen atoms in total. The van der Waals surface area contributed by atoms with Gasteiger partial charge in [0.1, 0.15) is 11.5 Å². The average molecular weight is 333 g/mol. The summed E-state index contributed by atoms with van der Waals surface area (Å²) >= 11 is 0. The minimum atomic E-state index is -0.598. The van der Waals surface area contributed by atoms with E-state index in [1.807, 2.05) is 0 Å². The topological polar surface area (TPSA) is 67.6 Å². The third-order valence-electron chi connectivity index (χ3n) is 4.18. The van der Waals surface area contributed by atoms with Crippen molar-refractivity contribution in [1.29, 1.82) is 0 Å². The number of aliphatic hydroxyl groups excluding tert-OH is 1. The molecule has 2 heterocycles. The lowest BCUT2D eigenvalue weighted by molar-refractivity contribution is 0.0708. The molecule has 0 spiro atoms. The molecule has 0 saturated carbocycles. The number of hydrogen-bond donors (Lipinski definition) is 1. The van der Waals surface area contributed by atoms with E-state index in [0.29, 0.717) is 25.3 Å². The van der Waals surface area contributed by atoms with Crippen LogP contribution in [0.25, 0.3) is 0 Å². The van der Waals surface area contributed by atoms with Crippen molar-refractivity contribution in [2.75, 3.05) is 20.3 Å². The summed E-state index contributed by atoms with van der Waals surface area (Å²) < 4.78 is 19.8. The summed E-state index contributed by atoms with van der Waals surface area (Å²) in [6.45, 7) is 1.32. The number of aromatic nitrogens is 2. The number of ether oxygens (including phenoxy) is 1. The first-order chi connectivity index (χ1) is 11.6. The molecule has 2 atom stereocenters. The van der Waals surface area contributed by atoms with Crippen LogP contribution in [0.15, 0.2) is 36.5 Å². The molecular weight excluding hydrogens is 313 g/mol. The molecule has 1 amide bonds. The van der Waals surface area contributed by atoms with Gasteiger partial charge in [-0.15, -0.1) is 0 Å². The zero-order valence-corrected chi connectivity index (χ0v) is 13.4. The summed E-state index contributed by atoms with van der Waals surface area (Å²) in [4.78, 5) is 14.4. The number of aliphatic hydroxyl groups is 1. The van der Waals surface area contributed by atoms with Crippen LogP contribution in [0.5, 0.6) is 0 Å². The minimum absolute atomic E-state index is 0.239. The lowest BCUT2D eigenvalue weighted by Gasteiger charge is -2.24. The standard InChI is InChI=1S/C17H20FN3O3/c1-24-9-8-20-7-6-15(19-20)17(23)21-11-14(22)10-16(21)12-2-4-13(18)5-3-12/h2-7,14,16,22H,8-11H2,1H3/t14-,16+/m0/s1. The Hall–Kier alpha value is -2.25. The Kier molecular flexibility index (Phi) is 4.92. The van der Waals surface area contributed by atoms with E-state index in [1.54, 1.807) is 41.1 Å². The van der Waals surface area contributed by atoms with Crippen LogP contribution >= 0.6 is 0 Å². The number of carbonyl (C=O) groups excluding carboxylic acids is 1. The van der Waals surface area contributed by atoms with Crippen LogP contribution in [0.4, 0.5) is 4.39 Å². The van der Waals surface area contributed by atoms with Crippen molar-refractivity contribution >= 4 is 5.91 Å². The van der Waals surface area contributed by atoms with Gasteiger partial charge in [0.15, 0.2) is 0 Å². The SMILES string of the molecule is COCCn1ccc(C(=O)N2C[C@@H](O)C[C@@H]2c2ccc(F)cc2)n1. The molecule has 1 fully saturated rings. The average Bonchev–Trinajstić information content (AvgIpc) is 3.20. The Morgan fingerprint density at radius 2 is 2.12 bits per heavy atom. The zero-order chi connectivity index (χ0) is 17.1. The molecule has 24 heavy (non-hydrogen) atoms. The molecule has 1 saturated heterocycles. The van der Waals surface area contributed by atoms with Gasteiger partial charge in [-0.3, -0.25) is 9.48 Å². The minimum Gasteiger partial charge on any atom is -0.391 e. The molecule has 1 aliphatic rings. The smallest absolute Gasteiger partial charge is 0.274 e. The van der Waals surface area contributed by atoms with Crippen molar-refractivity contribution in [3.05, 3.63) is 53.6 Å². The van der Waals surface area contributed by atoms with Crippen molar-refractivity contribution in [3.8, 4) is 0 Å². The number of carbonyl (C=O) groups is 1. The number of amides is 1. The highest BCUT2D eigenvalue weighted by Gasteiger charge is 2.36. The third kappa shape index (κ3) is 3.47. The Morgan fingerprint density at radius 1 is 1.38 bits per heavy atom. The number of halogens is 1. The monoisotopic (exact) mass is 333 g/mol. The summed E-state index contributed by atoms with van der Waals surface area (Å²) in [6, 6.07) is 7.40. The summed E-state index contributed by atoms with van der Waals surface area (Å²) in [5, 5.41) is 14.3. The number of β-amino-alcohol motifs (C(OH)–C–C–N with tert-alkyl or cyclic N) is 1. The molecule has 128 valence electrons. The second-order valence-electron chi connectivity index (χ2n) is 5.87. The lowest BCUT2D eigenvalue weighted by atomic mass is 10.0. The Balaban J connectivity index is 1.79. The zero-order valence-electron chi connectivity index (χ0n) is 13.4. The van der Waals surface area contributed by atoms with Gasteiger partial charge in [-0.25, -0.2) is 4.39 Å². The fourth-order valence-corrected chi connectivity index (χ4v) is 2.97. The highest BCUT2D eigenvalue weighted by atomic mass is 19.1. The van der Waals surface area contributed by atoms with Gasteiger partial charge in [0.25, 0.3) is 5.91 Å². The first-order valence-corrected chi connectivity index (χ1v) is 7.85. The molecule has 1 aromatic carbocycles. The summed E-state index contributed by atoms with van der Waals surface area (Å²) in [6.07, 6.45) is 1.56. The summed E-state index contributed by atoms with van der Waals surface area (Å²) in [5.74, 6) is -0.566. The second-order valence-corrected chi connectivity index (χ2v) is 5.87. The van der Waals surface area contributed by atoms with E-state index in [4.69, 9.17) is 4.74 Å². The summed E-state index contributed by atoms with van der Waals surface area (Å²) in [7, 11) is 1.61. The van der Waals surface area contributed by atoms with E-state index in [0.717, 1.165) is 5.56 Å². The molecule has 1 aromatic heterocycles. The van der Waals surface area contributed by atoms with Gasteiger partial charge in [0.2, 0.25) is 0 Å². The number of rotatable bonds is 5. The van der Waals surface area contributed by atoms with Crippen LogP contribution in [0, 0.1) is 5.82 Å². The van der Waals surface area contributed by atoms with Gasteiger partial charge < -0.3 is 14.7 Å². The maximum atomic E-state index is 13.1. The number of methoxy groups -OCH3 is 1. The van der Waals surface area contributed by atoms with E-state index in [2.05, 4.69) is 5.10 Å². The van der Waals surface area contributed by atoms with E-state index in [9.17, 15) is 14.3 Å². The van der Waals surface area contributed by atoms with E-state index in [-0.39, 0.29) is 24.3 Å². The fraction of sp³-hybridized carbons (Fsp3) is 0.412. The normalized spacial score (nSPS) is 20.5. The van der Waals surface area contributed by atoms with E-state index >= 15 is 0 Å². The van der Waals surface area contributed by atoms with Crippen molar-refractivity contribution in [3.63, 3.8) is 0 Å². The Labute approximate surface area is 139 Å². The van der Waals surface area contributed by atoms with Crippen LogP contribution in [0.2, 0.25) is 0 Å². The van der Waals surface area contributed by atoms with Gasteiger partial charge in [0.05, 0.1) is 25.3 Å². The van der Waals surface area contributed by atoms with Crippen molar-refractivity contribution in [1.82, 2.24) is 14.7 Å². The lowest BCUT2D eigenvalue weighted by Crippen LogP contribution is -2.32. The third-order valence-corrected chi connectivity index (χ3v) is 4.18. The summed E-state index contributed by atoms with van der Waals surface area (Å²) in [5.41, 5.74) is 1.13. The highest BCUT2D eigenvalue weighted by Crippen LogP contribution is 2.33. The van der Waals surface area contributed by atoms with Gasteiger partial charge in [0, 0.05) is 19.9 Å². The second kappa shape index (κ2) is 7.11. The number of likely N-dealkylation sites (tertiary alicyclic amines) is 1. The van der Waals surface area contributed by atoms with Crippen molar-refractivity contribution < 1.29 is 19.0 Å². The fourth-order valence-electron chi connectivity index (χ4n) is 2.97. The molecule has 1 aliphatic heterocycles. The Bertz CT molecular complexity index is 701. The molecule has 0 radical (unpaired) electrons. The Morgan fingerprint density at radius 3 is 2.83 bits per heavy atom. The molecule has 2 aromatic rings. The van der Waals surface area contributed by atoms with E-state index < -0.39 is 6.10 Å². The van der Waals surface area contributed by atoms with Crippen molar-refractivity contribution in [2.45, 2.75) is 25.1 Å². The molecule has 0 aliphatic carbocycles. The molecular formula is C17H20FN3O3. The van der Waals surface area contributed by atoms with Gasteiger partial charge in [-0.1, -0.05) is 12.1 Å². The number of nitrogens with zero attached hydrogens (tertiary/aromatic N) is 3. The first-order valence-electron chi connectivity index (χ1n) is 7.85. The molecule has 7 heteroatoms. The van der Waals surface area contributed by atoms with E-state index in [1.165, 1.54) is 12.1 Å². The van der Waals surface area contributed by atoms with Gasteiger partial charge >= 0.3 is 0 Å². The highest BCUT2D eigenvalue weighted by molar-refractivity contribution is 5.92. The number of benzene rings is 1. The quantitative estimate of drug-likeness (QED) is 0.903. The van der Waals surface area contributed by atoms with Crippen molar-refractivity contribution in [2.24, 2.45) is 0 Å². The first kappa shape index (κ1) is 16.6. The molecule has 3 rings (SSSR count).